The van der Waals surface area contributed by atoms with Crippen molar-refractivity contribution in [3.05, 3.63) is 30.1 Å². The highest BCUT2D eigenvalue weighted by Crippen LogP contribution is 2.30. The number of carbonyl (C=O) groups excluding carboxylic acids is 5. The molecule has 1 aliphatic heterocycles. The van der Waals surface area contributed by atoms with Gasteiger partial charge in [0, 0.05) is 40.1 Å². The maximum absolute atomic E-state index is 12.3. The van der Waals surface area contributed by atoms with E-state index < -0.39 is 67.2 Å². The van der Waals surface area contributed by atoms with Gasteiger partial charge in [0.25, 0.3) is 0 Å². The molecule has 0 aromatic carbocycles. The normalized spacial score (nSPS) is 24.6. The van der Waals surface area contributed by atoms with E-state index in [0.29, 0.717) is 0 Å². The number of pyridine rings is 1. The van der Waals surface area contributed by atoms with Gasteiger partial charge in [-0.2, -0.15) is 0 Å². The van der Waals surface area contributed by atoms with Crippen molar-refractivity contribution in [2.45, 2.75) is 58.4 Å². The van der Waals surface area contributed by atoms with E-state index in [0.717, 1.165) is 27.7 Å². The molecule has 0 bridgehead atoms. The predicted octanol–water partition coefficient (Wildman–Crippen LogP) is 0.322. The molecule has 0 unspecified atom stereocenters. The van der Waals surface area contributed by atoms with Crippen LogP contribution in [-0.2, 0) is 47.6 Å². The van der Waals surface area contributed by atoms with Gasteiger partial charge in [-0.15, -0.1) is 0 Å². The minimum Gasteiger partial charge on any atom is -0.459 e. The highest BCUT2D eigenvalue weighted by atomic mass is 16.7. The molecule has 0 saturated carbocycles. The maximum atomic E-state index is 12.3. The largest absolute Gasteiger partial charge is 0.459 e. The van der Waals surface area contributed by atoms with Crippen LogP contribution in [0.5, 0.6) is 0 Å². The lowest BCUT2D eigenvalue weighted by molar-refractivity contribution is -0.299. The molecule has 0 radical (unpaired) electrons. The molecule has 1 fully saturated rings. The molecule has 0 aliphatic carbocycles. The standard InChI is InChI=1S/C20H23NO11/c1-10(22)28-16-15(9-27-19(26)14-6-5-7-21-8-14)32-20(31-13(4)25)18(30-12(3)24)17(16)29-11(2)23/h5-8,15-18,20H,9H2,1-4H3/t15-,16-,17+,18-,20+/m1/s1. The van der Waals surface area contributed by atoms with Crippen molar-refractivity contribution < 1.29 is 52.4 Å². The monoisotopic (exact) mass is 453 g/mol. The average molecular weight is 453 g/mol. The lowest BCUT2D eigenvalue weighted by Gasteiger charge is -2.43. The first-order valence-corrected chi connectivity index (χ1v) is 9.50. The SMILES string of the molecule is CC(=O)O[C@H]1O[C@H](COC(=O)c2cccnc2)[C@@H](OC(C)=O)[C@H](OC(C)=O)[C@H]1OC(C)=O. The number of hydrogen-bond acceptors (Lipinski definition) is 12. The van der Waals surface area contributed by atoms with Crippen LogP contribution in [0, 0.1) is 0 Å². The van der Waals surface area contributed by atoms with Crippen LogP contribution in [0.15, 0.2) is 24.5 Å². The number of aromatic nitrogens is 1. The third kappa shape index (κ3) is 7.01. The van der Waals surface area contributed by atoms with Gasteiger partial charge in [-0.05, 0) is 12.1 Å². The maximum Gasteiger partial charge on any atom is 0.339 e. The topological polar surface area (TPSA) is 154 Å². The molecule has 12 heteroatoms. The lowest BCUT2D eigenvalue weighted by atomic mass is 9.98. The average Bonchev–Trinajstić information content (AvgIpc) is 2.70. The predicted molar refractivity (Wildman–Crippen MR) is 102 cm³/mol. The van der Waals surface area contributed by atoms with Crippen LogP contribution in [0.3, 0.4) is 0 Å². The number of esters is 5. The smallest absolute Gasteiger partial charge is 0.339 e. The van der Waals surface area contributed by atoms with Crippen molar-refractivity contribution in [1.29, 1.82) is 0 Å². The van der Waals surface area contributed by atoms with Gasteiger partial charge in [-0.25, -0.2) is 4.79 Å². The van der Waals surface area contributed by atoms with E-state index >= 15 is 0 Å². The zero-order chi connectivity index (χ0) is 23.8. The Morgan fingerprint density at radius 1 is 0.844 bits per heavy atom. The fourth-order valence-electron chi connectivity index (χ4n) is 2.97. The van der Waals surface area contributed by atoms with E-state index in [-0.39, 0.29) is 5.56 Å². The molecule has 1 aromatic heterocycles. The molecule has 0 amide bonds. The highest BCUT2D eigenvalue weighted by molar-refractivity contribution is 5.88. The summed E-state index contributed by atoms with van der Waals surface area (Å²) in [5, 5.41) is 0. The molecule has 1 saturated heterocycles. The van der Waals surface area contributed by atoms with Crippen LogP contribution in [0.1, 0.15) is 38.1 Å². The summed E-state index contributed by atoms with van der Waals surface area (Å²) in [7, 11) is 0. The Balaban J connectivity index is 2.34. The van der Waals surface area contributed by atoms with Gasteiger partial charge < -0.3 is 28.4 Å². The minimum atomic E-state index is -1.53. The molecule has 0 spiro atoms. The molecular weight excluding hydrogens is 430 g/mol. The number of rotatable bonds is 7. The number of carbonyl (C=O) groups is 5. The molecule has 32 heavy (non-hydrogen) atoms. The van der Waals surface area contributed by atoms with E-state index in [9.17, 15) is 24.0 Å². The first-order valence-electron chi connectivity index (χ1n) is 9.50. The molecule has 5 atom stereocenters. The zero-order valence-electron chi connectivity index (χ0n) is 17.8. The molecule has 0 N–H and O–H groups in total. The second kappa shape index (κ2) is 11.2. The van der Waals surface area contributed by atoms with Crippen LogP contribution in [0.25, 0.3) is 0 Å². The summed E-state index contributed by atoms with van der Waals surface area (Å²) >= 11 is 0. The molecule has 12 nitrogen and oxygen atoms in total. The van der Waals surface area contributed by atoms with Gasteiger partial charge in [0.2, 0.25) is 12.4 Å². The Hall–Kier alpha value is -3.54. The summed E-state index contributed by atoms with van der Waals surface area (Å²) in [5.74, 6) is -3.90. The number of ether oxygens (including phenoxy) is 6. The van der Waals surface area contributed by atoms with Crippen molar-refractivity contribution >= 4 is 29.8 Å². The van der Waals surface area contributed by atoms with Crippen molar-refractivity contribution in [3.8, 4) is 0 Å². The summed E-state index contributed by atoms with van der Waals surface area (Å²) in [5.41, 5.74) is 0.151. The summed E-state index contributed by atoms with van der Waals surface area (Å²) in [4.78, 5) is 62.7. The quantitative estimate of drug-likeness (QED) is 0.412. The van der Waals surface area contributed by atoms with Crippen molar-refractivity contribution in [2.24, 2.45) is 0 Å². The number of hydrogen-bond donors (Lipinski definition) is 0. The van der Waals surface area contributed by atoms with Gasteiger partial charge in [0.15, 0.2) is 12.2 Å². The first kappa shape index (κ1) is 24.7. The Morgan fingerprint density at radius 3 is 1.94 bits per heavy atom. The lowest BCUT2D eigenvalue weighted by Crippen LogP contribution is -2.63. The first-order chi connectivity index (χ1) is 15.1. The van der Waals surface area contributed by atoms with Crippen LogP contribution in [0.4, 0.5) is 0 Å². The minimum absolute atomic E-state index is 0.151. The van der Waals surface area contributed by atoms with Gasteiger partial charge in [-0.3, -0.25) is 24.2 Å². The fourth-order valence-corrected chi connectivity index (χ4v) is 2.97. The summed E-state index contributed by atoms with van der Waals surface area (Å²) in [6, 6.07) is 3.01. The second-order valence-electron chi connectivity index (χ2n) is 6.71. The third-order valence-electron chi connectivity index (χ3n) is 4.06. The second-order valence-corrected chi connectivity index (χ2v) is 6.71. The number of nitrogens with zero attached hydrogens (tertiary/aromatic N) is 1. The van der Waals surface area contributed by atoms with Gasteiger partial charge in [-0.1, -0.05) is 0 Å². The summed E-state index contributed by atoms with van der Waals surface area (Å²) in [6.45, 7) is 3.88. The molecule has 2 rings (SSSR count). The molecule has 2 heterocycles. The third-order valence-corrected chi connectivity index (χ3v) is 4.06. The zero-order valence-corrected chi connectivity index (χ0v) is 17.8. The van der Waals surface area contributed by atoms with E-state index in [1.165, 1.54) is 24.5 Å². The summed E-state index contributed by atoms with van der Waals surface area (Å²) < 4.78 is 31.6. The highest BCUT2D eigenvalue weighted by Gasteiger charge is 2.53. The van der Waals surface area contributed by atoms with E-state index in [2.05, 4.69) is 4.98 Å². The Kier molecular flexibility index (Phi) is 8.64. The van der Waals surface area contributed by atoms with Crippen molar-refractivity contribution in [2.75, 3.05) is 6.61 Å². The Bertz CT molecular complexity index is 856. The van der Waals surface area contributed by atoms with E-state index in [1.54, 1.807) is 0 Å². The molecular formula is C20H23NO11. The van der Waals surface area contributed by atoms with Gasteiger partial charge in [0.05, 0.1) is 5.56 Å². The van der Waals surface area contributed by atoms with E-state index in [1.807, 2.05) is 0 Å². The van der Waals surface area contributed by atoms with Crippen LogP contribution < -0.4 is 0 Å². The van der Waals surface area contributed by atoms with Crippen LogP contribution >= 0.6 is 0 Å². The Labute approximate surface area is 183 Å². The Morgan fingerprint density at radius 2 is 1.41 bits per heavy atom. The van der Waals surface area contributed by atoms with Crippen molar-refractivity contribution in [1.82, 2.24) is 4.98 Å². The summed E-state index contributed by atoms with van der Waals surface area (Å²) in [6.07, 6.45) is -4.23. The molecule has 174 valence electrons. The van der Waals surface area contributed by atoms with Crippen LogP contribution in [-0.4, -0.2) is 72.1 Å². The van der Waals surface area contributed by atoms with Gasteiger partial charge >= 0.3 is 29.8 Å². The molecule has 1 aromatic rings. The van der Waals surface area contributed by atoms with Crippen LogP contribution in [0.2, 0.25) is 0 Å². The van der Waals surface area contributed by atoms with Crippen molar-refractivity contribution in [3.63, 3.8) is 0 Å². The molecule has 1 aliphatic rings. The fraction of sp³-hybridized carbons (Fsp3) is 0.500. The van der Waals surface area contributed by atoms with E-state index in [4.69, 9.17) is 28.4 Å². The van der Waals surface area contributed by atoms with Gasteiger partial charge in [0.1, 0.15) is 12.7 Å².